The molecule has 0 radical (unpaired) electrons. The molecule has 0 aliphatic heterocycles. The molecule has 0 aliphatic rings. The van der Waals surface area contributed by atoms with Crippen LogP contribution < -0.4 is 5.32 Å². The fourth-order valence-electron chi connectivity index (χ4n) is 2.94. The highest BCUT2D eigenvalue weighted by molar-refractivity contribution is 6.08. The van der Waals surface area contributed by atoms with E-state index in [1.165, 1.54) is 5.56 Å². The molecular formula is C21H19ClN2. The topological polar surface area (TPSA) is 24.9 Å². The Morgan fingerprint density at radius 3 is 1.83 bits per heavy atom. The van der Waals surface area contributed by atoms with E-state index in [2.05, 4.69) is 72.9 Å². The number of anilines is 2. The highest BCUT2D eigenvalue weighted by Crippen LogP contribution is 2.32. The third kappa shape index (κ3) is 2.93. The van der Waals surface area contributed by atoms with Crippen molar-refractivity contribution in [3.05, 3.63) is 78.4 Å². The highest BCUT2D eigenvalue weighted by atomic mass is 35.5. The van der Waals surface area contributed by atoms with E-state index >= 15 is 0 Å². The Bertz CT molecular complexity index is 924. The lowest BCUT2D eigenvalue weighted by Gasteiger charge is -2.13. The Hall–Kier alpha value is -2.58. The van der Waals surface area contributed by atoms with Crippen molar-refractivity contribution in [3.8, 4) is 0 Å². The molecule has 1 heterocycles. The molecule has 0 saturated heterocycles. The molecule has 4 aromatic rings. The monoisotopic (exact) mass is 334 g/mol. The maximum Gasteiger partial charge on any atom is 0.0730 e. The zero-order valence-electron chi connectivity index (χ0n) is 13.5. The smallest absolute Gasteiger partial charge is 0.0730 e. The third-order valence-corrected chi connectivity index (χ3v) is 4.22. The third-order valence-electron chi connectivity index (χ3n) is 4.22. The summed E-state index contributed by atoms with van der Waals surface area (Å²) in [6.45, 7) is 2.17. The van der Waals surface area contributed by atoms with Crippen LogP contribution in [-0.2, 0) is 6.42 Å². The van der Waals surface area contributed by atoms with E-state index in [0.717, 1.165) is 39.6 Å². The average molecular weight is 335 g/mol. The first-order valence-corrected chi connectivity index (χ1v) is 7.98. The van der Waals surface area contributed by atoms with Gasteiger partial charge < -0.3 is 5.32 Å². The van der Waals surface area contributed by atoms with Gasteiger partial charge in [0, 0.05) is 16.5 Å². The number of hydrogen-bond donors (Lipinski definition) is 1. The number of para-hydroxylation sites is 2. The van der Waals surface area contributed by atoms with Crippen LogP contribution in [0.2, 0.25) is 0 Å². The second-order valence-electron chi connectivity index (χ2n) is 5.70. The molecule has 3 heteroatoms. The Labute approximate surface area is 148 Å². The van der Waals surface area contributed by atoms with Gasteiger partial charge in [-0.25, -0.2) is 4.98 Å². The summed E-state index contributed by atoms with van der Waals surface area (Å²) in [5, 5.41) is 5.89. The summed E-state index contributed by atoms with van der Waals surface area (Å²) >= 11 is 0. The van der Waals surface area contributed by atoms with Crippen LogP contribution >= 0.6 is 12.4 Å². The molecule has 0 saturated carbocycles. The fraction of sp³-hybridized carbons (Fsp3) is 0.0952. The van der Waals surface area contributed by atoms with Gasteiger partial charge in [-0.15, -0.1) is 12.4 Å². The predicted octanol–water partition coefficient (Wildman–Crippen LogP) is 6.12. The van der Waals surface area contributed by atoms with Crippen LogP contribution in [0.25, 0.3) is 21.8 Å². The molecule has 0 fully saturated rings. The number of pyridine rings is 1. The molecule has 0 bridgehead atoms. The highest BCUT2D eigenvalue weighted by Gasteiger charge is 2.08. The number of benzene rings is 3. The van der Waals surface area contributed by atoms with Crippen molar-refractivity contribution < 1.29 is 0 Å². The van der Waals surface area contributed by atoms with Crippen LogP contribution in [0.3, 0.4) is 0 Å². The van der Waals surface area contributed by atoms with Crippen molar-refractivity contribution >= 4 is 45.6 Å². The van der Waals surface area contributed by atoms with Gasteiger partial charge in [0.2, 0.25) is 0 Å². The Kier molecular flexibility index (Phi) is 4.68. The Morgan fingerprint density at radius 2 is 1.29 bits per heavy atom. The van der Waals surface area contributed by atoms with Gasteiger partial charge in [-0.05, 0) is 36.2 Å². The van der Waals surface area contributed by atoms with E-state index in [0.29, 0.717) is 0 Å². The molecule has 0 spiro atoms. The van der Waals surface area contributed by atoms with E-state index in [1.807, 2.05) is 12.1 Å². The molecular weight excluding hydrogens is 316 g/mol. The standard InChI is InChI=1S/C21H18N2.ClH/c1-2-15-11-13-16(14-12-15)22-21-17-7-3-5-9-19(17)23-20-10-6-4-8-18(20)21;/h3-14H,2H2,1H3,(H,22,23);1H. The van der Waals surface area contributed by atoms with Crippen molar-refractivity contribution in [3.63, 3.8) is 0 Å². The Morgan fingerprint density at radius 1 is 0.750 bits per heavy atom. The minimum absolute atomic E-state index is 0. The van der Waals surface area contributed by atoms with Gasteiger partial charge in [0.15, 0.2) is 0 Å². The van der Waals surface area contributed by atoms with E-state index < -0.39 is 0 Å². The fourth-order valence-corrected chi connectivity index (χ4v) is 2.94. The molecule has 2 nitrogen and oxygen atoms in total. The number of hydrogen-bond acceptors (Lipinski definition) is 2. The lowest BCUT2D eigenvalue weighted by molar-refractivity contribution is 1.14. The van der Waals surface area contributed by atoms with Gasteiger partial charge in [0.05, 0.1) is 16.7 Å². The van der Waals surface area contributed by atoms with Crippen molar-refractivity contribution in [1.82, 2.24) is 4.98 Å². The summed E-state index contributed by atoms with van der Waals surface area (Å²) in [5.74, 6) is 0. The van der Waals surface area contributed by atoms with E-state index in [9.17, 15) is 0 Å². The van der Waals surface area contributed by atoms with Crippen LogP contribution in [-0.4, -0.2) is 4.98 Å². The van der Waals surface area contributed by atoms with Crippen LogP contribution in [0.4, 0.5) is 11.4 Å². The molecule has 4 rings (SSSR count). The van der Waals surface area contributed by atoms with Crippen LogP contribution in [0.15, 0.2) is 72.8 Å². The summed E-state index contributed by atoms with van der Waals surface area (Å²) < 4.78 is 0. The molecule has 1 aromatic heterocycles. The van der Waals surface area contributed by atoms with Crippen molar-refractivity contribution in [1.29, 1.82) is 0 Å². The summed E-state index contributed by atoms with van der Waals surface area (Å²) in [5.41, 5.74) is 5.59. The van der Waals surface area contributed by atoms with Crippen LogP contribution in [0, 0.1) is 0 Å². The summed E-state index contributed by atoms with van der Waals surface area (Å²) in [6.07, 6.45) is 1.06. The molecule has 3 aromatic carbocycles. The second kappa shape index (κ2) is 6.90. The molecule has 24 heavy (non-hydrogen) atoms. The van der Waals surface area contributed by atoms with Gasteiger partial charge in [-0.2, -0.15) is 0 Å². The molecule has 1 N–H and O–H groups in total. The van der Waals surface area contributed by atoms with Gasteiger partial charge >= 0.3 is 0 Å². The number of nitrogens with one attached hydrogen (secondary N) is 1. The molecule has 0 unspecified atom stereocenters. The number of nitrogens with zero attached hydrogens (tertiary/aromatic N) is 1. The minimum Gasteiger partial charge on any atom is -0.354 e. The number of aryl methyl sites for hydroxylation is 1. The minimum atomic E-state index is 0. The van der Waals surface area contributed by atoms with Crippen molar-refractivity contribution in [2.75, 3.05) is 5.32 Å². The Balaban J connectivity index is 0.00000169. The largest absolute Gasteiger partial charge is 0.354 e. The van der Waals surface area contributed by atoms with E-state index in [4.69, 9.17) is 4.98 Å². The summed E-state index contributed by atoms with van der Waals surface area (Å²) in [4.78, 5) is 4.77. The van der Waals surface area contributed by atoms with Gasteiger partial charge in [0.1, 0.15) is 0 Å². The molecule has 0 aliphatic carbocycles. The summed E-state index contributed by atoms with van der Waals surface area (Å²) in [7, 11) is 0. The van der Waals surface area contributed by atoms with Gasteiger partial charge in [-0.1, -0.05) is 55.5 Å². The predicted molar refractivity (Wildman–Crippen MR) is 106 cm³/mol. The van der Waals surface area contributed by atoms with Crippen LogP contribution in [0.5, 0.6) is 0 Å². The first kappa shape index (κ1) is 16.3. The maximum atomic E-state index is 4.77. The van der Waals surface area contributed by atoms with Crippen molar-refractivity contribution in [2.45, 2.75) is 13.3 Å². The SMILES string of the molecule is CCc1ccc(Nc2c3ccccc3nc3ccccc23)cc1.Cl. The first-order chi connectivity index (χ1) is 11.3. The zero-order chi connectivity index (χ0) is 15.6. The lowest BCUT2D eigenvalue weighted by atomic mass is 10.1. The molecule has 0 amide bonds. The summed E-state index contributed by atoms with van der Waals surface area (Å²) in [6, 6.07) is 25.2. The zero-order valence-corrected chi connectivity index (χ0v) is 14.3. The van der Waals surface area contributed by atoms with E-state index in [-0.39, 0.29) is 12.4 Å². The molecule has 120 valence electrons. The number of aromatic nitrogens is 1. The maximum absolute atomic E-state index is 4.77. The second-order valence-corrected chi connectivity index (χ2v) is 5.70. The van der Waals surface area contributed by atoms with Gasteiger partial charge in [0.25, 0.3) is 0 Å². The first-order valence-electron chi connectivity index (χ1n) is 7.98. The molecule has 0 atom stereocenters. The van der Waals surface area contributed by atoms with Crippen LogP contribution in [0.1, 0.15) is 12.5 Å². The number of fused-ring (bicyclic) bond motifs is 2. The normalized spacial score (nSPS) is 10.5. The lowest BCUT2D eigenvalue weighted by Crippen LogP contribution is -1.95. The average Bonchev–Trinajstić information content (AvgIpc) is 2.62. The number of halogens is 1. The van der Waals surface area contributed by atoms with Crippen molar-refractivity contribution in [2.24, 2.45) is 0 Å². The van der Waals surface area contributed by atoms with E-state index in [1.54, 1.807) is 0 Å². The van der Waals surface area contributed by atoms with Gasteiger partial charge in [-0.3, -0.25) is 0 Å². The number of rotatable bonds is 3. The quantitative estimate of drug-likeness (QED) is 0.457.